The van der Waals surface area contributed by atoms with Crippen molar-refractivity contribution in [2.75, 3.05) is 39.3 Å². The molecule has 130 valence electrons. The van der Waals surface area contributed by atoms with Crippen LogP contribution in [0.25, 0.3) is 0 Å². The largest absolute Gasteiger partial charge is 0.342 e. The lowest BCUT2D eigenvalue weighted by atomic mass is 10.0. The number of nitrogens with zero attached hydrogens (tertiary/aromatic N) is 3. The number of piperidine rings is 1. The molecule has 0 aromatic heterocycles. The molecule has 0 N–H and O–H groups in total. The minimum absolute atomic E-state index is 0.0339. The molecule has 0 radical (unpaired) electrons. The minimum atomic E-state index is 0.0339. The standard InChI is InChI=1S/C19H27N3O2/c1-16(23)22-13-12-20(14-18(22)17-8-4-2-5-9-17)15-19(24)21-10-6-3-7-11-21/h2,4-5,8-9,18H,3,6-7,10-15H2,1H3. The van der Waals surface area contributed by atoms with E-state index in [0.717, 1.165) is 44.6 Å². The molecule has 2 fully saturated rings. The SMILES string of the molecule is CC(=O)N1CCN(CC(=O)N2CCCCC2)CC1c1ccccc1. The Kier molecular flexibility index (Phi) is 5.51. The molecule has 24 heavy (non-hydrogen) atoms. The molecule has 3 rings (SSSR count). The summed E-state index contributed by atoms with van der Waals surface area (Å²) in [4.78, 5) is 30.6. The molecule has 5 nitrogen and oxygen atoms in total. The highest BCUT2D eigenvalue weighted by Crippen LogP contribution is 2.25. The van der Waals surface area contributed by atoms with Gasteiger partial charge in [-0.3, -0.25) is 14.5 Å². The molecule has 2 aliphatic heterocycles. The van der Waals surface area contributed by atoms with Crippen molar-refractivity contribution in [3.8, 4) is 0 Å². The molecule has 0 aliphatic carbocycles. The van der Waals surface area contributed by atoms with E-state index in [2.05, 4.69) is 17.0 Å². The minimum Gasteiger partial charge on any atom is -0.342 e. The van der Waals surface area contributed by atoms with Crippen LogP contribution in [0.2, 0.25) is 0 Å². The smallest absolute Gasteiger partial charge is 0.236 e. The zero-order valence-corrected chi connectivity index (χ0v) is 14.5. The van der Waals surface area contributed by atoms with Gasteiger partial charge in [-0.1, -0.05) is 30.3 Å². The van der Waals surface area contributed by atoms with Gasteiger partial charge in [0, 0.05) is 39.6 Å². The molecule has 2 heterocycles. The molecule has 2 aliphatic rings. The van der Waals surface area contributed by atoms with Crippen LogP contribution in [-0.2, 0) is 9.59 Å². The number of piperazine rings is 1. The van der Waals surface area contributed by atoms with Crippen molar-refractivity contribution in [2.24, 2.45) is 0 Å². The molecule has 1 atom stereocenters. The van der Waals surface area contributed by atoms with Gasteiger partial charge in [-0.25, -0.2) is 0 Å². The van der Waals surface area contributed by atoms with Gasteiger partial charge in [0.25, 0.3) is 0 Å². The second kappa shape index (κ2) is 7.79. The van der Waals surface area contributed by atoms with Gasteiger partial charge in [-0.15, -0.1) is 0 Å². The van der Waals surface area contributed by atoms with Gasteiger partial charge in [-0.2, -0.15) is 0 Å². The second-order valence-electron chi connectivity index (χ2n) is 6.82. The zero-order chi connectivity index (χ0) is 16.9. The summed E-state index contributed by atoms with van der Waals surface area (Å²) in [6, 6.07) is 10.2. The van der Waals surface area contributed by atoms with Crippen LogP contribution >= 0.6 is 0 Å². The maximum atomic E-state index is 12.5. The Morgan fingerprint density at radius 3 is 2.38 bits per heavy atom. The summed E-state index contributed by atoms with van der Waals surface area (Å²) < 4.78 is 0. The average molecular weight is 329 g/mol. The van der Waals surface area contributed by atoms with E-state index >= 15 is 0 Å². The average Bonchev–Trinajstić information content (AvgIpc) is 2.63. The van der Waals surface area contributed by atoms with Crippen LogP contribution in [-0.4, -0.2) is 65.8 Å². The Morgan fingerprint density at radius 1 is 1.00 bits per heavy atom. The van der Waals surface area contributed by atoms with E-state index in [9.17, 15) is 9.59 Å². The Bertz CT molecular complexity index is 569. The number of carbonyl (C=O) groups excluding carboxylic acids is 2. The summed E-state index contributed by atoms with van der Waals surface area (Å²) >= 11 is 0. The van der Waals surface area contributed by atoms with E-state index in [4.69, 9.17) is 0 Å². The first kappa shape index (κ1) is 17.0. The van der Waals surface area contributed by atoms with Crippen LogP contribution < -0.4 is 0 Å². The number of rotatable bonds is 3. The fourth-order valence-corrected chi connectivity index (χ4v) is 3.76. The first-order chi connectivity index (χ1) is 11.6. The summed E-state index contributed by atoms with van der Waals surface area (Å²) in [5.74, 6) is 0.337. The molecule has 1 aromatic carbocycles. The van der Waals surface area contributed by atoms with Crippen molar-refractivity contribution in [1.29, 1.82) is 0 Å². The highest BCUT2D eigenvalue weighted by molar-refractivity contribution is 5.78. The number of hydrogen-bond donors (Lipinski definition) is 0. The highest BCUT2D eigenvalue weighted by Gasteiger charge is 2.31. The normalized spacial score (nSPS) is 22.5. The number of hydrogen-bond acceptors (Lipinski definition) is 3. The van der Waals surface area contributed by atoms with Gasteiger partial charge in [0.15, 0.2) is 0 Å². The summed E-state index contributed by atoms with van der Waals surface area (Å²) in [6.45, 7) is 6.07. The molecular formula is C19H27N3O2. The van der Waals surface area contributed by atoms with Crippen molar-refractivity contribution in [3.05, 3.63) is 35.9 Å². The third-order valence-electron chi connectivity index (χ3n) is 5.12. The van der Waals surface area contributed by atoms with E-state index in [-0.39, 0.29) is 17.9 Å². The van der Waals surface area contributed by atoms with E-state index in [1.165, 1.54) is 6.42 Å². The summed E-state index contributed by atoms with van der Waals surface area (Å²) in [5.41, 5.74) is 1.14. The van der Waals surface area contributed by atoms with Crippen LogP contribution in [0.4, 0.5) is 0 Å². The lowest BCUT2D eigenvalue weighted by Crippen LogP contribution is -2.53. The van der Waals surface area contributed by atoms with Crippen molar-refractivity contribution < 1.29 is 9.59 Å². The Hall–Kier alpha value is -1.88. The monoisotopic (exact) mass is 329 g/mol. The third kappa shape index (κ3) is 3.96. The maximum Gasteiger partial charge on any atom is 0.236 e. The highest BCUT2D eigenvalue weighted by atomic mass is 16.2. The lowest BCUT2D eigenvalue weighted by molar-refractivity contribution is -0.137. The first-order valence-corrected chi connectivity index (χ1v) is 8.97. The molecular weight excluding hydrogens is 302 g/mol. The van der Waals surface area contributed by atoms with Crippen LogP contribution in [0, 0.1) is 0 Å². The number of carbonyl (C=O) groups is 2. The number of amides is 2. The molecule has 5 heteroatoms. The number of benzene rings is 1. The van der Waals surface area contributed by atoms with E-state index in [0.29, 0.717) is 13.1 Å². The predicted octanol–water partition coefficient (Wildman–Crippen LogP) is 1.90. The van der Waals surface area contributed by atoms with Crippen LogP contribution in [0.3, 0.4) is 0 Å². The van der Waals surface area contributed by atoms with Gasteiger partial charge in [-0.05, 0) is 24.8 Å². The van der Waals surface area contributed by atoms with Crippen LogP contribution in [0.15, 0.2) is 30.3 Å². The Labute approximate surface area is 144 Å². The van der Waals surface area contributed by atoms with Crippen molar-refractivity contribution in [1.82, 2.24) is 14.7 Å². The van der Waals surface area contributed by atoms with Crippen LogP contribution in [0.1, 0.15) is 37.8 Å². The molecule has 1 aromatic rings. The molecule has 1 unspecified atom stereocenters. The predicted molar refractivity (Wildman–Crippen MR) is 93.4 cm³/mol. The number of likely N-dealkylation sites (tertiary alicyclic amines) is 1. The summed E-state index contributed by atoms with van der Waals surface area (Å²) in [5, 5.41) is 0. The van der Waals surface area contributed by atoms with Crippen molar-refractivity contribution >= 4 is 11.8 Å². The van der Waals surface area contributed by atoms with E-state index in [1.807, 2.05) is 28.0 Å². The van der Waals surface area contributed by atoms with Gasteiger partial charge in [0.1, 0.15) is 0 Å². The molecule has 0 saturated carbocycles. The van der Waals surface area contributed by atoms with Gasteiger partial charge in [0.2, 0.25) is 11.8 Å². The lowest BCUT2D eigenvalue weighted by Gasteiger charge is -2.41. The van der Waals surface area contributed by atoms with Gasteiger partial charge < -0.3 is 9.80 Å². The molecule has 2 saturated heterocycles. The third-order valence-corrected chi connectivity index (χ3v) is 5.12. The zero-order valence-electron chi connectivity index (χ0n) is 14.5. The quantitative estimate of drug-likeness (QED) is 0.851. The molecule has 0 bridgehead atoms. The fraction of sp³-hybridized carbons (Fsp3) is 0.579. The van der Waals surface area contributed by atoms with Crippen molar-refractivity contribution in [3.63, 3.8) is 0 Å². The summed E-state index contributed by atoms with van der Waals surface area (Å²) in [7, 11) is 0. The molecule has 0 spiro atoms. The van der Waals surface area contributed by atoms with Crippen molar-refractivity contribution in [2.45, 2.75) is 32.2 Å². The fourth-order valence-electron chi connectivity index (χ4n) is 3.76. The van der Waals surface area contributed by atoms with Crippen LogP contribution in [0.5, 0.6) is 0 Å². The topological polar surface area (TPSA) is 43.9 Å². The van der Waals surface area contributed by atoms with Gasteiger partial charge in [0.05, 0.1) is 12.6 Å². The maximum absolute atomic E-state index is 12.5. The Balaban J connectivity index is 1.66. The Morgan fingerprint density at radius 2 is 1.71 bits per heavy atom. The van der Waals surface area contributed by atoms with E-state index < -0.39 is 0 Å². The van der Waals surface area contributed by atoms with E-state index in [1.54, 1.807) is 6.92 Å². The van der Waals surface area contributed by atoms with Gasteiger partial charge >= 0.3 is 0 Å². The second-order valence-corrected chi connectivity index (χ2v) is 6.82. The summed E-state index contributed by atoms with van der Waals surface area (Å²) in [6.07, 6.45) is 3.48. The molecule has 2 amide bonds. The first-order valence-electron chi connectivity index (χ1n) is 8.97.